The molecule has 0 atom stereocenters. The fraction of sp³-hybridized carbons (Fsp3) is 0.118. The van der Waals surface area contributed by atoms with E-state index in [1.807, 2.05) is 43.3 Å². The first-order valence-corrected chi connectivity index (χ1v) is 6.86. The lowest BCUT2D eigenvalue weighted by Crippen LogP contribution is -2.03. The van der Waals surface area contributed by atoms with Crippen molar-refractivity contribution < 1.29 is 9.53 Å². The molecule has 1 aromatic carbocycles. The number of ether oxygens (including phenoxy) is 1. The molecule has 0 bridgehead atoms. The van der Waals surface area contributed by atoms with Crippen LogP contribution in [0.2, 0.25) is 0 Å². The van der Waals surface area contributed by atoms with E-state index < -0.39 is 5.97 Å². The summed E-state index contributed by atoms with van der Waals surface area (Å²) in [7, 11) is 1.34. The minimum absolute atomic E-state index is 0.277. The third-order valence-corrected chi connectivity index (χ3v) is 3.45. The molecule has 0 fully saturated rings. The molecule has 3 rings (SSSR count). The number of esters is 1. The molecule has 110 valence electrons. The zero-order valence-electron chi connectivity index (χ0n) is 12.3. The van der Waals surface area contributed by atoms with E-state index in [1.165, 1.54) is 7.11 Å². The topological polar surface area (TPSA) is 67.9 Å². The highest BCUT2D eigenvalue weighted by molar-refractivity contribution is 5.90. The normalized spacial score (nSPS) is 10.5. The number of carbonyl (C=O) groups excluding carboxylic acids is 1. The van der Waals surface area contributed by atoms with Gasteiger partial charge >= 0.3 is 5.97 Å². The van der Waals surface area contributed by atoms with Crippen LogP contribution in [0.1, 0.15) is 16.2 Å². The Bertz CT molecular complexity index is 810. The summed E-state index contributed by atoms with van der Waals surface area (Å²) in [5.74, 6) is -0.454. The lowest BCUT2D eigenvalue weighted by molar-refractivity contribution is 0.0594. The van der Waals surface area contributed by atoms with Gasteiger partial charge in [0.1, 0.15) is 5.69 Å². The first-order chi connectivity index (χ1) is 10.7. The summed E-state index contributed by atoms with van der Waals surface area (Å²) >= 11 is 0. The molecule has 1 N–H and O–H groups in total. The standard InChI is InChI=1S/C17H15N3O2/c1-11-15(13-8-9-18-14(10-13)17(21)22-2)16(20-19-11)12-6-4-3-5-7-12/h3-10H,1-2H3,(H,19,20). The molecular formula is C17H15N3O2. The van der Waals surface area contributed by atoms with Gasteiger partial charge in [-0.05, 0) is 24.6 Å². The van der Waals surface area contributed by atoms with Gasteiger partial charge in [0.25, 0.3) is 0 Å². The van der Waals surface area contributed by atoms with Crippen LogP contribution in [-0.2, 0) is 4.74 Å². The third kappa shape index (κ3) is 2.48. The molecule has 2 aromatic heterocycles. The number of methoxy groups -OCH3 is 1. The molecule has 0 unspecified atom stereocenters. The Morgan fingerprint density at radius 3 is 2.64 bits per heavy atom. The SMILES string of the molecule is COC(=O)c1cc(-c2c(C)n[nH]c2-c2ccccc2)ccn1. The molecule has 0 saturated heterocycles. The molecule has 0 aliphatic rings. The molecule has 0 amide bonds. The fourth-order valence-corrected chi connectivity index (χ4v) is 2.40. The van der Waals surface area contributed by atoms with Crippen molar-refractivity contribution in [3.63, 3.8) is 0 Å². The molecule has 0 spiro atoms. The Morgan fingerprint density at radius 1 is 1.14 bits per heavy atom. The number of aromatic nitrogens is 3. The predicted molar refractivity (Wildman–Crippen MR) is 83.3 cm³/mol. The molecule has 5 nitrogen and oxygen atoms in total. The maximum atomic E-state index is 11.7. The number of nitrogens with one attached hydrogen (secondary N) is 1. The zero-order chi connectivity index (χ0) is 15.5. The number of rotatable bonds is 3. The quantitative estimate of drug-likeness (QED) is 0.753. The van der Waals surface area contributed by atoms with Crippen molar-refractivity contribution in [1.29, 1.82) is 0 Å². The van der Waals surface area contributed by atoms with Crippen molar-refractivity contribution in [2.24, 2.45) is 0 Å². The second kappa shape index (κ2) is 5.81. The van der Waals surface area contributed by atoms with Gasteiger partial charge in [0.2, 0.25) is 0 Å². The van der Waals surface area contributed by atoms with E-state index in [-0.39, 0.29) is 5.69 Å². The summed E-state index contributed by atoms with van der Waals surface area (Å²) in [6.07, 6.45) is 1.60. The molecule has 3 aromatic rings. The summed E-state index contributed by atoms with van der Waals surface area (Å²) < 4.78 is 4.73. The number of benzene rings is 1. The molecule has 22 heavy (non-hydrogen) atoms. The largest absolute Gasteiger partial charge is 0.464 e. The van der Waals surface area contributed by atoms with Crippen molar-refractivity contribution in [3.8, 4) is 22.4 Å². The van der Waals surface area contributed by atoms with E-state index in [9.17, 15) is 4.79 Å². The molecule has 0 aliphatic carbocycles. The van der Waals surface area contributed by atoms with Crippen molar-refractivity contribution in [2.45, 2.75) is 6.92 Å². The lowest BCUT2D eigenvalue weighted by atomic mass is 9.99. The van der Waals surface area contributed by atoms with E-state index in [0.717, 1.165) is 28.1 Å². The molecular weight excluding hydrogens is 278 g/mol. The number of aromatic amines is 1. The maximum absolute atomic E-state index is 11.7. The van der Waals surface area contributed by atoms with Crippen molar-refractivity contribution in [1.82, 2.24) is 15.2 Å². The van der Waals surface area contributed by atoms with Crippen LogP contribution in [0.25, 0.3) is 22.4 Å². The molecule has 5 heteroatoms. The van der Waals surface area contributed by atoms with Crippen LogP contribution in [0, 0.1) is 6.92 Å². The summed E-state index contributed by atoms with van der Waals surface area (Å²) in [6.45, 7) is 1.93. The Morgan fingerprint density at radius 2 is 1.91 bits per heavy atom. The number of pyridine rings is 1. The minimum atomic E-state index is -0.454. The van der Waals surface area contributed by atoms with Crippen molar-refractivity contribution in [2.75, 3.05) is 7.11 Å². The molecule has 0 radical (unpaired) electrons. The van der Waals surface area contributed by atoms with Crippen LogP contribution in [0.15, 0.2) is 48.7 Å². The number of aryl methyl sites for hydroxylation is 1. The van der Waals surface area contributed by atoms with Crippen LogP contribution in [0.5, 0.6) is 0 Å². The number of hydrogen-bond donors (Lipinski definition) is 1. The van der Waals surface area contributed by atoms with Gasteiger partial charge in [-0.2, -0.15) is 5.10 Å². The van der Waals surface area contributed by atoms with Gasteiger partial charge in [-0.3, -0.25) is 5.10 Å². The van der Waals surface area contributed by atoms with E-state index in [1.54, 1.807) is 12.3 Å². The Kier molecular flexibility index (Phi) is 3.70. The first-order valence-electron chi connectivity index (χ1n) is 6.86. The van der Waals surface area contributed by atoms with Gasteiger partial charge in [0, 0.05) is 17.3 Å². The predicted octanol–water partition coefficient (Wildman–Crippen LogP) is 3.23. The van der Waals surface area contributed by atoms with Gasteiger partial charge in [0.15, 0.2) is 0 Å². The molecule has 0 aliphatic heterocycles. The summed E-state index contributed by atoms with van der Waals surface area (Å²) in [5, 5.41) is 7.37. The second-order valence-electron chi connectivity index (χ2n) is 4.85. The van der Waals surface area contributed by atoms with Gasteiger partial charge < -0.3 is 4.74 Å². The van der Waals surface area contributed by atoms with Gasteiger partial charge in [-0.25, -0.2) is 9.78 Å². The van der Waals surface area contributed by atoms with Crippen molar-refractivity contribution >= 4 is 5.97 Å². The molecule has 2 heterocycles. The van der Waals surface area contributed by atoms with E-state index in [2.05, 4.69) is 15.2 Å². The highest BCUT2D eigenvalue weighted by atomic mass is 16.5. The number of carbonyl (C=O) groups is 1. The van der Waals surface area contributed by atoms with Crippen LogP contribution in [0.4, 0.5) is 0 Å². The average Bonchev–Trinajstić information content (AvgIpc) is 2.96. The fourth-order valence-electron chi connectivity index (χ4n) is 2.40. The van der Waals surface area contributed by atoms with E-state index >= 15 is 0 Å². The smallest absolute Gasteiger partial charge is 0.356 e. The summed E-state index contributed by atoms with van der Waals surface area (Å²) in [4.78, 5) is 15.7. The average molecular weight is 293 g/mol. The highest BCUT2D eigenvalue weighted by Crippen LogP contribution is 2.32. The third-order valence-electron chi connectivity index (χ3n) is 3.45. The maximum Gasteiger partial charge on any atom is 0.356 e. The van der Waals surface area contributed by atoms with Gasteiger partial charge in [-0.1, -0.05) is 30.3 Å². The minimum Gasteiger partial charge on any atom is -0.464 e. The second-order valence-corrected chi connectivity index (χ2v) is 4.85. The lowest BCUT2D eigenvalue weighted by Gasteiger charge is -2.06. The van der Waals surface area contributed by atoms with E-state index in [4.69, 9.17) is 4.74 Å². The Hall–Kier alpha value is -2.95. The van der Waals surface area contributed by atoms with Crippen molar-refractivity contribution in [3.05, 3.63) is 60.0 Å². The van der Waals surface area contributed by atoms with Crippen LogP contribution in [0.3, 0.4) is 0 Å². The number of H-pyrrole nitrogens is 1. The Labute approximate surface area is 128 Å². The van der Waals surface area contributed by atoms with Crippen LogP contribution in [-0.4, -0.2) is 28.3 Å². The van der Waals surface area contributed by atoms with E-state index in [0.29, 0.717) is 0 Å². The first kappa shape index (κ1) is 14.0. The highest BCUT2D eigenvalue weighted by Gasteiger charge is 2.16. The van der Waals surface area contributed by atoms with Gasteiger partial charge in [-0.15, -0.1) is 0 Å². The zero-order valence-corrected chi connectivity index (χ0v) is 12.3. The molecule has 0 saturated carbocycles. The number of hydrogen-bond acceptors (Lipinski definition) is 4. The van der Waals surface area contributed by atoms with Gasteiger partial charge in [0.05, 0.1) is 18.5 Å². The number of nitrogens with zero attached hydrogens (tertiary/aromatic N) is 2. The summed E-state index contributed by atoms with van der Waals surface area (Å²) in [6, 6.07) is 13.5. The Balaban J connectivity index is 2.13. The summed E-state index contributed by atoms with van der Waals surface area (Å²) in [5.41, 5.74) is 4.93. The van der Waals surface area contributed by atoms with Crippen LogP contribution >= 0.6 is 0 Å². The van der Waals surface area contributed by atoms with Crippen LogP contribution < -0.4 is 0 Å². The monoisotopic (exact) mass is 293 g/mol.